The largest absolute Gasteiger partial charge is 0.485 e. The molecule has 1 N–H and O–H groups in total. The van der Waals surface area contributed by atoms with Gasteiger partial charge in [0.2, 0.25) is 0 Å². The SMILES string of the molecule is CC1(C)[C@H]2CC=C(CCNC(=O)c3cc(COc4cccc5cnccc45)on3)[C@@H]1C2. The number of amides is 1. The lowest BCUT2D eigenvalue weighted by Crippen LogP contribution is -2.48. The number of nitrogens with zero attached hydrogens (tertiary/aromatic N) is 2. The molecule has 1 saturated carbocycles. The number of hydrogen-bond donors (Lipinski definition) is 1. The summed E-state index contributed by atoms with van der Waals surface area (Å²) in [7, 11) is 0. The molecule has 3 aliphatic rings. The zero-order valence-electron chi connectivity index (χ0n) is 17.9. The van der Waals surface area contributed by atoms with Crippen molar-refractivity contribution in [2.45, 2.75) is 39.7 Å². The van der Waals surface area contributed by atoms with E-state index >= 15 is 0 Å². The minimum atomic E-state index is -0.214. The molecule has 3 aliphatic carbocycles. The van der Waals surface area contributed by atoms with Gasteiger partial charge < -0.3 is 14.6 Å². The molecule has 1 fully saturated rings. The number of carbonyl (C=O) groups excluding carboxylic acids is 1. The highest BCUT2D eigenvalue weighted by molar-refractivity contribution is 5.92. The van der Waals surface area contributed by atoms with Crippen LogP contribution in [-0.2, 0) is 6.61 Å². The Kier molecular flexibility index (Phi) is 5.00. The molecule has 31 heavy (non-hydrogen) atoms. The number of ether oxygens (including phenoxy) is 1. The summed E-state index contributed by atoms with van der Waals surface area (Å²) in [6, 6.07) is 9.36. The van der Waals surface area contributed by atoms with Crippen LogP contribution in [0.4, 0.5) is 0 Å². The van der Waals surface area contributed by atoms with Crippen molar-refractivity contribution in [3.8, 4) is 5.75 Å². The molecule has 1 aromatic carbocycles. The van der Waals surface area contributed by atoms with Crippen molar-refractivity contribution >= 4 is 16.7 Å². The van der Waals surface area contributed by atoms with Crippen LogP contribution in [0, 0.1) is 17.3 Å². The van der Waals surface area contributed by atoms with Gasteiger partial charge in [0.1, 0.15) is 12.4 Å². The molecule has 2 atom stereocenters. The summed E-state index contributed by atoms with van der Waals surface area (Å²) in [6.45, 7) is 5.55. The minimum absolute atomic E-state index is 0.201. The van der Waals surface area contributed by atoms with Crippen LogP contribution < -0.4 is 10.1 Å². The monoisotopic (exact) mass is 417 g/mol. The topological polar surface area (TPSA) is 77.2 Å². The van der Waals surface area contributed by atoms with Crippen molar-refractivity contribution < 1.29 is 14.1 Å². The maximum absolute atomic E-state index is 12.5. The van der Waals surface area contributed by atoms with E-state index in [1.165, 1.54) is 18.4 Å². The Morgan fingerprint density at radius 1 is 1.32 bits per heavy atom. The number of hydrogen-bond acceptors (Lipinski definition) is 5. The third-order valence-electron chi connectivity index (χ3n) is 7.08. The van der Waals surface area contributed by atoms with E-state index in [0.717, 1.165) is 28.9 Å². The first-order valence-electron chi connectivity index (χ1n) is 10.9. The summed E-state index contributed by atoms with van der Waals surface area (Å²) in [5.74, 6) is 2.53. The molecule has 6 heteroatoms. The Hall–Kier alpha value is -3.15. The van der Waals surface area contributed by atoms with E-state index in [9.17, 15) is 4.79 Å². The standard InChI is InChI=1S/C25H27N3O3/c1-25(2)18-7-6-16(21(25)12-18)8-11-27-24(29)22-13-19(31-28-22)15-30-23-5-3-4-17-14-26-10-9-20(17)23/h3-6,9-10,13-14,18,21H,7-8,11-12,15H2,1-2H3,(H,27,29)/t18-,21-/m0/s1. The number of pyridine rings is 1. The maximum atomic E-state index is 12.5. The molecule has 2 aromatic heterocycles. The Morgan fingerprint density at radius 2 is 2.23 bits per heavy atom. The van der Waals surface area contributed by atoms with Crippen LogP contribution in [0.3, 0.4) is 0 Å². The van der Waals surface area contributed by atoms with Crippen molar-refractivity contribution in [3.05, 3.63) is 65.8 Å². The first-order chi connectivity index (χ1) is 15.0. The van der Waals surface area contributed by atoms with Crippen LogP contribution in [0.1, 0.15) is 49.4 Å². The van der Waals surface area contributed by atoms with Crippen molar-refractivity contribution in [3.63, 3.8) is 0 Å². The third kappa shape index (κ3) is 3.71. The molecule has 1 amide bonds. The van der Waals surface area contributed by atoms with E-state index in [2.05, 4.69) is 35.4 Å². The summed E-state index contributed by atoms with van der Waals surface area (Å²) in [5, 5.41) is 8.87. The van der Waals surface area contributed by atoms with Gasteiger partial charge in [-0.15, -0.1) is 0 Å². The van der Waals surface area contributed by atoms with Gasteiger partial charge in [-0.2, -0.15) is 0 Å². The normalized spacial score (nSPS) is 21.3. The molecule has 0 spiro atoms. The van der Waals surface area contributed by atoms with E-state index in [0.29, 0.717) is 23.6 Å². The zero-order chi connectivity index (χ0) is 21.4. The average molecular weight is 418 g/mol. The van der Waals surface area contributed by atoms with Crippen molar-refractivity contribution in [1.29, 1.82) is 0 Å². The number of fused-ring (bicyclic) bond motifs is 2. The first kappa shape index (κ1) is 19.8. The molecule has 0 aliphatic heterocycles. The lowest BCUT2D eigenvalue weighted by molar-refractivity contribution is -0.00811. The summed E-state index contributed by atoms with van der Waals surface area (Å²) >= 11 is 0. The van der Waals surface area contributed by atoms with Gasteiger partial charge in [-0.1, -0.05) is 42.8 Å². The fraction of sp³-hybridized carbons (Fsp3) is 0.400. The van der Waals surface area contributed by atoms with E-state index in [-0.39, 0.29) is 18.2 Å². The van der Waals surface area contributed by atoms with Crippen LogP contribution in [-0.4, -0.2) is 22.6 Å². The van der Waals surface area contributed by atoms with Crippen molar-refractivity contribution in [2.75, 3.05) is 6.54 Å². The Bertz CT molecular complexity index is 1140. The number of aromatic nitrogens is 2. The molecule has 6 rings (SSSR count). The number of benzene rings is 1. The molecular formula is C25H27N3O3. The lowest BCUT2D eigenvalue weighted by atomic mass is 9.48. The number of allylic oxidation sites excluding steroid dienone is 1. The van der Waals surface area contributed by atoms with Crippen LogP contribution in [0.25, 0.3) is 10.8 Å². The highest BCUT2D eigenvalue weighted by Gasteiger charge is 2.50. The van der Waals surface area contributed by atoms with Crippen LogP contribution >= 0.6 is 0 Å². The smallest absolute Gasteiger partial charge is 0.273 e. The highest BCUT2D eigenvalue weighted by Crippen LogP contribution is 2.59. The Labute approximate surface area is 181 Å². The molecule has 2 heterocycles. The molecule has 160 valence electrons. The van der Waals surface area contributed by atoms with Gasteiger partial charge in [0.25, 0.3) is 5.91 Å². The van der Waals surface area contributed by atoms with Crippen molar-refractivity contribution in [1.82, 2.24) is 15.5 Å². The molecule has 6 nitrogen and oxygen atoms in total. The molecule has 0 radical (unpaired) electrons. The van der Waals surface area contributed by atoms with Gasteiger partial charge >= 0.3 is 0 Å². The number of nitrogens with one attached hydrogen (secondary N) is 1. The summed E-state index contributed by atoms with van der Waals surface area (Å²) in [5.41, 5.74) is 2.19. The summed E-state index contributed by atoms with van der Waals surface area (Å²) in [4.78, 5) is 16.6. The molecule has 0 unspecified atom stereocenters. The first-order valence-corrected chi connectivity index (χ1v) is 10.9. The van der Waals surface area contributed by atoms with Crippen molar-refractivity contribution in [2.24, 2.45) is 17.3 Å². The van der Waals surface area contributed by atoms with Gasteiger partial charge in [-0.3, -0.25) is 9.78 Å². The molecule has 0 saturated heterocycles. The van der Waals surface area contributed by atoms with E-state index in [4.69, 9.17) is 9.26 Å². The van der Waals surface area contributed by atoms with Crippen LogP contribution in [0.5, 0.6) is 5.75 Å². The van der Waals surface area contributed by atoms with Gasteiger partial charge in [0, 0.05) is 35.8 Å². The number of carbonyl (C=O) groups is 1. The second kappa shape index (κ2) is 7.84. The van der Waals surface area contributed by atoms with Gasteiger partial charge in [0.05, 0.1) is 0 Å². The zero-order valence-corrected chi connectivity index (χ0v) is 17.9. The Morgan fingerprint density at radius 3 is 3.06 bits per heavy atom. The second-order valence-corrected chi connectivity index (χ2v) is 9.15. The van der Waals surface area contributed by atoms with Gasteiger partial charge in [-0.25, -0.2) is 0 Å². The van der Waals surface area contributed by atoms with Gasteiger partial charge in [-0.05, 0) is 48.6 Å². The quantitative estimate of drug-likeness (QED) is 0.553. The predicted molar refractivity (Wildman–Crippen MR) is 118 cm³/mol. The summed E-state index contributed by atoms with van der Waals surface area (Å²) in [6.07, 6.45) is 9.28. The van der Waals surface area contributed by atoms with E-state index < -0.39 is 0 Å². The second-order valence-electron chi connectivity index (χ2n) is 9.15. The fourth-order valence-electron chi connectivity index (χ4n) is 5.02. The Balaban J connectivity index is 1.14. The van der Waals surface area contributed by atoms with Crippen LogP contribution in [0.15, 0.2) is 58.9 Å². The van der Waals surface area contributed by atoms with E-state index in [1.54, 1.807) is 18.5 Å². The highest BCUT2D eigenvalue weighted by atomic mass is 16.5. The number of rotatable bonds is 7. The molecule has 2 bridgehead atoms. The van der Waals surface area contributed by atoms with E-state index in [1.807, 2.05) is 24.3 Å². The third-order valence-corrected chi connectivity index (χ3v) is 7.08. The molecule has 3 aromatic rings. The summed E-state index contributed by atoms with van der Waals surface area (Å²) < 4.78 is 11.2. The van der Waals surface area contributed by atoms with Gasteiger partial charge in [0.15, 0.2) is 11.5 Å². The van der Waals surface area contributed by atoms with Crippen LogP contribution in [0.2, 0.25) is 0 Å². The molecular weight excluding hydrogens is 390 g/mol. The fourth-order valence-corrected chi connectivity index (χ4v) is 5.02. The lowest BCUT2D eigenvalue weighted by Gasteiger charge is -2.56. The average Bonchev–Trinajstić information content (AvgIpc) is 3.27. The predicted octanol–water partition coefficient (Wildman–Crippen LogP) is 4.91. The maximum Gasteiger partial charge on any atom is 0.273 e. The minimum Gasteiger partial charge on any atom is -0.485 e.